The van der Waals surface area contributed by atoms with Crippen LogP contribution in [-0.2, 0) is 19.9 Å². The normalized spacial score (nSPS) is 16.7. The largest absolute Gasteiger partial charge is 0.349 e. The minimum Gasteiger partial charge on any atom is -0.349 e. The molecule has 3 nitrogen and oxygen atoms in total. The monoisotopic (exact) mass is 356 g/mol. The van der Waals surface area contributed by atoms with Crippen LogP contribution in [0.4, 0.5) is 4.39 Å². The maximum atomic E-state index is 14.0. The molecule has 25 heavy (non-hydrogen) atoms. The highest BCUT2D eigenvalue weighted by Gasteiger charge is 2.26. The molecule has 128 valence electrons. The molecule has 4 rings (SSSR count). The van der Waals surface area contributed by atoms with Crippen molar-refractivity contribution in [3.05, 3.63) is 70.1 Å². The summed E-state index contributed by atoms with van der Waals surface area (Å²) in [6.45, 7) is 0. The number of carbonyl (C=O) groups is 1. The number of halogens is 2. The molecule has 1 aromatic heterocycles. The molecule has 0 saturated carbocycles. The van der Waals surface area contributed by atoms with E-state index in [4.69, 9.17) is 11.6 Å². The van der Waals surface area contributed by atoms with Gasteiger partial charge in [0.05, 0.1) is 10.6 Å². The van der Waals surface area contributed by atoms with Crippen molar-refractivity contribution in [1.82, 2.24) is 9.88 Å². The lowest BCUT2D eigenvalue weighted by Gasteiger charge is -2.25. The summed E-state index contributed by atoms with van der Waals surface area (Å²) in [5.41, 5.74) is 3.72. The van der Waals surface area contributed by atoms with Gasteiger partial charge in [-0.25, -0.2) is 4.39 Å². The maximum absolute atomic E-state index is 14.0. The average molecular weight is 357 g/mol. The van der Waals surface area contributed by atoms with E-state index < -0.39 is 11.7 Å². The highest BCUT2D eigenvalue weighted by Crippen LogP contribution is 2.31. The Kier molecular flexibility index (Phi) is 4.00. The van der Waals surface area contributed by atoms with Gasteiger partial charge < -0.3 is 9.88 Å². The molecule has 0 radical (unpaired) electrons. The molecule has 1 N–H and O–H groups in total. The molecule has 1 heterocycles. The van der Waals surface area contributed by atoms with Gasteiger partial charge in [0.25, 0.3) is 5.91 Å². The van der Waals surface area contributed by atoms with Crippen LogP contribution in [0.15, 0.2) is 42.5 Å². The molecule has 3 aromatic rings. The van der Waals surface area contributed by atoms with E-state index in [9.17, 15) is 9.18 Å². The second-order valence-electron chi connectivity index (χ2n) is 6.51. The number of para-hydroxylation sites is 1. The van der Waals surface area contributed by atoms with Gasteiger partial charge in [-0.1, -0.05) is 35.9 Å². The molecular formula is C20H18ClFN2O. The van der Waals surface area contributed by atoms with Crippen LogP contribution in [0.1, 0.15) is 28.0 Å². The Bertz CT molecular complexity index is 959. The third kappa shape index (κ3) is 2.71. The fraction of sp³-hybridized carbons (Fsp3) is 0.250. The number of fused-ring (bicyclic) bond motifs is 3. The zero-order valence-electron chi connectivity index (χ0n) is 13.9. The minimum atomic E-state index is -0.591. The van der Waals surface area contributed by atoms with Crippen LogP contribution in [0.2, 0.25) is 5.02 Å². The zero-order chi connectivity index (χ0) is 17.6. The Morgan fingerprint density at radius 3 is 2.84 bits per heavy atom. The van der Waals surface area contributed by atoms with Gasteiger partial charge in [-0.2, -0.15) is 0 Å². The van der Waals surface area contributed by atoms with Gasteiger partial charge in [-0.15, -0.1) is 0 Å². The van der Waals surface area contributed by atoms with Gasteiger partial charge in [0, 0.05) is 29.7 Å². The van der Waals surface area contributed by atoms with Crippen molar-refractivity contribution < 1.29 is 9.18 Å². The van der Waals surface area contributed by atoms with Crippen molar-refractivity contribution in [2.24, 2.45) is 7.05 Å². The SMILES string of the molecule is Cn1c2c(c3ccccc31)CC(NC(=O)c1c(F)cccc1Cl)CC2. The van der Waals surface area contributed by atoms with E-state index >= 15 is 0 Å². The number of carbonyl (C=O) groups excluding carboxylic acids is 1. The Morgan fingerprint density at radius 2 is 2.04 bits per heavy atom. The summed E-state index contributed by atoms with van der Waals surface area (Å²) in [5, 5.41) is 4.32. The van der Waals surface area contributed by atoms with Crippen LogP contribution in [0.3, 0.4) is 0 Å². The standard InChI is InChI=1S/C20H18ClFN2O/c1-24-17-8-3-2-5-13(17)14-11-12(9-10-18(14)24)23-20(25)19-15(21)6-4-7-16(19)22/h2-8,12H,9-11H2,1H3,(H,23,25). The smallest absolute Gasteiger partial charge is 0.256 e. The van der Waals surface area contributed by atoms with Crippen molar-refractivity contribution in [3.8, 4) is 0 Å². The number of aryl methyl sites for hydroxylation is 1. The number of rotatable bonds is 2. The van der Waals surface area contributed by atoms with Crippen LogP contribution in [0.5, 0.6) is 0 Å². The predicted octanol–water partition coefficient (Wildman–Crippen LogP) is 4.26. The maximum Gasteiger partial charge on any atom is 0.256 e. The zero-order valence-corrected chi connectivity index (χ0v) is 14.6. The van der Waals surface area contributed by atoms with Gasteiger partial charge in [0.15, 0.2) is 0 Å². The summed E-state index contributed by atoms with van der Waals surface area (Å²) in [6, 6.07) is 12.6. The van der Waals surface area contributed by atoms with Crippen molar-refractivity contribution in [2.75, 3.05) is 0 Å². The number of nitrogens with zero attached hydrogens (tertiary/aromatic N) is 1. The number of hydrogen-bond acceptors (Lipinski definition) is 1. The van der Waals surface area contributed by atoms with E-state index in [0.717, 1.165) is 19.3 Å². The Labute approximate surface area is 150 Å². The summed E-state index contributed by atoms with van der Waals surface area (Å²) in [6.07, 6.45) is 2.46. The topological polar surface area (TPSA) is 34.0 Å². The first-order valence-corrected chi connectivity index (χ1v) is 8.74. The fourth-order valence-electron chi connectivity index (χ4n) is 3.83. The van der Waals surface area contributed by atoms with Crippen molar-refractivity contribution in [3.63, 3.8) is 0 Å². The lowest BCUT2D eigenvalue weighted by atomic mass is 9.91. The molecule has 2 aromatic carbocycles. The van der Waals surface area contributed by atoms with Gasteiger partial charge in [0.2, 0.25) is 0 Å². The van der Waals surface area contributed by atoms with E-state index in [0.29, 0.717) is 0 Å². The summed E-state index contributed by atoms with van der Waals surface area (Å²) in [5.74, 6) is -1.04. The molecule has 0 bridgehead atoms. The average Bonchev–Trinajstić information content (AvgIpc) is 2.88. The lowest BCUT2D eigenvalue weighted by molar-refractivity contribution is 0.0929. The molecule has 1 aliphatic carbocycles. The lowest BCUT2D eigenvalue weighted by Crippen LogP contribution is -2.39. The Hall–Kier alpha value is -2.33. The molecular weight excluding hydrogens is 339 g/mol. The van der Waals surface area contributed by atoms with Gasteiger partial charge in [0.1, 0.15) is 5.82 Å². The third-order valence-corrected chi connectivity index (χ3v) is 5.36. The van der Waals surface area contributed by atoms with Gasteiger partial charge in [-0.3, -0.25) is 4.79 Å². The number of amides is 1. The molecule has 1 unspecified atom stereocenters. The van der Waals surface area contributed by atoms with Gasteiger partial charge in [-0.05, 0) is 43.0 Å². The van der Waals surface area contributed by atoms with Crippen LogP contribution < -0.4 is 5.32 Å². The van der Waals surface area contributed by atoms with E-state index in [1.807, 2.05) is 12.1 Å². The number of aromatic nitrogens is 1. The molecule has 1 amide bonds. The quantitative estimate of drug-likeness (QED) is 0.731. The molecule has 1 aliphatic rings. The fourth-order valence-corrected chi connectivity index (χ4v) is 4.07. The van der Waals surface area contributed by atoms with E-state index in [2.05, 4.69) is 29.1 Å². The van der Waals surface area contributed by atoms with Crippen molar-refractivity contribution in [1.29, 1.82) is 0 Å². The first-order valence-electron chi connectivity index (χ1n) is 8.36. The molecule has 0 fully saturated rings. The molecule has 5 heteroatoms. The second kappa shape index (κ2) is 6.19. The first kappa shape index (κ1) is 16.2. The van der Waals surface area contributed by atoms with E-state index in [-0.39, 0.29) is 16.6 Å². The van der Waals surface area contributed by atoms with E-state index in [1.54, 1.807) is 0 Å². The van der Waals surface area contributed by atoms with Crippen molar-refractivity contribution in [2.45, 2.75) is 25.3 Å². The third-order valence-electron chi connectivity index (χ3n) is 5.05. The van der Waals surface area contributed by atoms with Crippen LogP contribution in [0.25, 0.3) is 10.9 Å². The number of hydrogen-bond donors (Lipinski definition) is 1. The van der Waals surface area contributed by atoms with Gasteiger partial charge >= 0.3 is 0 Å². The highest BCUT2D eigenvalue weighted by atomic mass is 35.5. The van der Waals surface area contributed by atoms with Crippen molar-refractivity contribution >= 4 is 28.4 Å². The highest BCUT2D eigenvalue weighted by molar-refractivity contribution is 6.33. The Morgan fingerprint density at radius 1 is 1.24 bits per heavy atom. The molecule has 1 atom stereocenters. The summed E-state index contributed by atoms with van der Waals surface area (Å²) in [4.78, 5) is 12.5. The first-order chi connectivity index (χ1) is 12.1. The van der Waals surface area contributed by atoms with Crippen LogP contribution >= 0.6 is 11.6 Å². The summed E-state index contributed by atoms with van der Waals surface area (Å²) >= 11 is 6.00. The predicted molar refractivity (Wildman–Crippen MR) is 97.6 cm³/mol. The minimum absolute atomic E-state index is 0.0264. The van der Waals surface area contributed by atoms with Crippen LogP contribution in [0, 0.1) is 5.82 Å². The van der Waals surface area contributed by atoms with E-state index in [1.165, 1.54) is 40.4 Å². The molecule has 0 aliphatic heterocycles. The number of benzene rings is 2. The Balaban J connectivity index is 1.61. The molecule has 0 spiro atoms. The second-order valence-corrected chi connectivity index (χ2v) is 6.92. The molecule has 0 saturated heterocycles. The summed E-state index contributed by atoms with van der Waals surface area (Å²) < 4.78 is 16.2. The van der Waals surface area contributed by atoms with Crippen LogP contribution in [-0.4, -0.2) is 16.5 Å². The number of nitrogens with one attached hydrogen (secondary N) is 1. The summed E-state index contributed by atoms with van der Waals surface area (Å²) in [7, 11) is 2.08.